The van der Waals surface area contributed by atoms with Gasteiger partial charge >= 0.3 is 0 Å². The predicted molar refractivity (Wildman–Crippen MR) is 71.8 cm³/mol. The van der Waals surface area contributed by atoms with Gasteiger partial charge in [-0.05, 0) is 18.6 Å². The largest absolute Gasteiger partial charge is 0.328 e. The van der Waals surface area contributed by atoms with Gasteiger partial charge in [0.2, 0.25) is 5.95 Å². The molecular formula is C14H13N5O. The minimum absolute atomic E-state index is 0.214. The van der Waals surface area contributed by atoms with E-state index in [1.807, 2.05) is 18.2 Å². The molecule has 2 aliphatic rings. The van der Waals surface area contributed by atoms with Crippen molar-refractivity contribution in [3.8, 4) is 0 Å². The quantitative estimate of drug-likeness (QED) is 0.848. The Kier molecular flexibility index (Phi) is 2.42. The number of carbonyl (C=O) groups is 1. The van der Waals surface area contributed by atoms with Crippen LogP contribution >= 0.6 is 0 Å². The summed E-state index contributed by atoms with van der Waals surface area (Å²) in [5.41, 5.74) is 1.77. The van der Waals surface area contributed by atoms with Crippen LogP contribution in [0.5, 0.6) is 0 Å². The number of rotatable bonds is 1. The van der Waals surface area contributed by atoms with Crippen LogP contribution in [0.2, 0.25) is 0 Å². The Bertz CT molecular complexity index is 691. The summed E-state index contributed by atoms with van der Waals surface area (Å²) in [6.07, 6.45) is 6.68. The topological polar surface area (TPSA) is 72.7 Å². The van der Waals surface area contributed by atoms with E-state index in [0.29, 0.717) is 12.4 Å². The van der Waals surface area contributed by atoms with Crippen molar-refractivity contribution in [1.82, 2.24) is 19.7 Å². The van der Waals surface area contributed by atoms with Crippen molar-refractivity contribution < 1.29 is 4.79 Å². The second-order valence-electron chi connectivity index (χ2n) is 4.99. The number of anilines is 1. The summed E-state index contributed by atoms with van der Waals surface area (Å²) in [6, 6.07) is 5.51. The molecule has 0 unspecified atom stereocenters. The van der Waals surface area contributed by atoms with E-state index in [2.05, 4.69) is 26.5 Å². The molecule has 0 saturated heterocycles. The van der Waals surface area contributed by atoms with Gasteiger partial charge in [0.05, 0.1) is 11.6 Å². The fourth-order valence-electron chi connectivity index (χ4n) is 2.96. The number of nitrogens with one attached hydrogen (secondary N) is 1. The Morgan fingerprint density at radius 3 is 3.10 bits per heavy atom. The van der Waals surface area contributed by atoms with Gasteiger partial charge in [0, 0.05) is 18.3 Å². The van der Waals surface area contributed by atoms with E-state index in [1.165, 1.54) is 6.33 Å². The molecule has 1 aliphatic carbocycles. The van der Waals surface area contributed by atoms with Crippen molar-refractivity contribution in [1.29, 1.82) is 0 Å². The second-order valence-corrected chi connectivity index (χ2v) is 4.99. The summed E-state index contributed by atoms with van der Waals surface area (Å²) in [5.74, 6) is 0.650. The van der Waals surface area contributed by atoms with E-state index in [9.17, 15) is 4.79 Å². The van der Waals surface area contributed by atoms with Gasteiger partial charge in [-0.25, -0.2) is 4.68 Å². The number of nitrogens with zero attached hydrogens (tertiary/aromatic N) is 4. The van der Waals surface area contributed by atoms with Gasteiger partial charge in [0.1, 0.15) is 18.2 Å². The number of hydrogen-bond donors (Lipinski definition) is 1. The number of pyridine rings is 1. The number of ketones is 1. The first-order chi connectivity index (χ1) is 9.84. The molecule has 1 aliphatic heterocycles. The Morgan fingerprint density at radius 2 is 2.25 bits per heavy atom. The fraction of sp³-hybridized carbons (Fsp3) is 0.286. The Morgan fingerprint density at radius 1 is 1.30 bits per heavy atom. The third-order valence-corrected chi connectivity index (χ3v) is 3.84. The molecule has 0 bridgehead atoms. The van der Waals surface area contributed by atoms with Crippen molar-refractivity contribution in [2.24, 2.45) is 5.92 Å². The minimum atomic E-state index is -0.243. The molecule has 0 aromatic carbocycles. The average Bonchev–Trinajstić information content (AvgIpc) is 2.94. The molecule has 2 aromatic heterocycles. The van der Waals surface area contributed by atoms with E-state index in [0.717, 1.165) is 17.8 Å². The van der Waals surface area contributed by atoms with E-state index in [4.69, 9.17) is 0 Å². The molecule has 0 radical (unpaired) electrons. The SMILES string of the molecule is O=C1CCC=C2Nc3ncnn3[C@H](c3ccccn3)[C@@H]12. The zero-order chi connectivity index (χ0) is 13.5. The maximum Gasteiger partial charge on any atom is 0.226 e. The zero-order valence-corrected chi connectivity index (χ0v) is 10.7. The number of allylic oxidation sites excluding steroid dienone is 2. The van der Waals surface area contributed by atoms with Crippen LogP contribution in [0.15, 0.2) is 42.5 Å². The molecule has 100 valence electrons. The molecular weight excluding hydrogens is 254 g/mol. The Labute approximate surface area is 115 Å². The van der Waals surface area contributed by atoms with Crippen molar-refractivity contribution in [2.75, 3.05) is 5.32 Å². The number of hydrogen-bond acceptors (Lipinski definition) is 5. The van der Waals surface area contributed by atoms with Crippen molar-refractivity contribution in [3.05, 3.63) is 48.2 Å². The molecule has 1 N–H and O–H groups in total. The number of carbonyl (C=O) groups excluding carboxylic acids is 1. The Balaban J connectivity index is 1.91. The van der Waals surface area contributed by atoms with E-state index in [-0.39, 0.29) is 17.7 Å². The summed E-state index contributed by atoms with van der Waals surface area (Å²) in [6.45, 7) is 0. The number of fused-ring (bicyclic) bond motifs is 2. The highest BCUT2D eigenvalue weighted by Crippen LogP contribution is 2.39. The third-order valence-electron chi connectivity index (χ3n) is 3.84. The van der Waals surface area contributed by atoms with Gasteiger partial charge in [-0.2, -0.15) is 10.1 Å². The molecule has 4 rings (SSSR count). The van der Waals surface area contributed by atoms with Crippen molar-refractivity contribution in [2.45, 2.75) is 18.9 Å². The third kappa shape index (κ3) is 1.57. The van der Waals surface area contributed by atoms with Gasteiger partial charge in [-0.1, -0.05) is 12.1 Å². The molecule has 0 fully saturated rings. The summed E-state index contributed by atoms with van der Waals surface area (Å²) in [5, 5.41) is 7.47. The molecule has 0 saturated carbocycles. The van der Waals surface area contributed by atoms with Crippen LogP contribution < -0.4 is 5.32 Å². The fourth-order valence-corrected chi connectivity index (χ4v) is 2.96. The van der Waals surface area contributed by atoms with E-state index >= 15 is 0 Å². The highest BCUT2D eigenvalue weighted by molar-refractivity contribution is 5.87. The van der Waals surface area contributed by atoms with Gasteiger partial charge < -0.3 is 5.32 Å². The molecule has 0 spiro atoms. The van der Waals surface area contributed by atoms with Gasteiger partial charge in [0.15, 0.2) is 0 Å². The highest BCUT2D eigenvalue weighted by Gasteiger charge is 2.41. The predicted octanol–water partition coefficient (Wildman–Crippen LogP) is 1.55. The van der Waals surface area contributed by atoms with Crippen LogP contribution in [0.1, 0.15) is 24.6 Å². The lowest BCUT2D eigenvalue weighted by Gasteiger charge is -2.35. The molecule has 2 aromatic rings. The van der Waals surface area contributed by atoms with Gasteiger partial charge in [0.25, 0.3) is 0 Å². The summed E-state index contributed by atoms with van der Waals surface area (Å²) in [4.78, 5) is 21.0. The minimum Gasteiger partial charge on any atom is -0.328 e. The molecule has 6 nitrogen and oxygen atoms in total. The van der Waals surface area contributed by atoms with Crippen LogP contribution in [-0.2, 0) is 4.79 Å². The van der Waals surface area contributed by atoms with E-state index in [1.54, 1.807) is 10.9 Å². The second kappa shape index (κ2) is 4.26. The lowest BCUT2D eigenvalue weighted by atomic mass is 9.82. The maximum absolute atomic E-state index is 12.4. The maximum atomic E-state index is 12.4. The normalized spacial score (nSPS) is 24.4. The van der Waals surface area contributed by atoms with Crippen LogP contribution in [0.3, 0.4) is 0 Å². The van der Waals surface area contributed by atoms with Crippen LogP contribution in [0.4, 0.5) is 5.95 Å². The molecule has 2 atom stereocenters. The molecule has 3 heterocycles. The molecule has 0 amide bonds. The Hall–Kier alpha value is -2.50. The van der Waals surface area contributed by atoms with Gasteiger partial charge in [-0.15, -0.1) is 0 Å². The molecule has 20 heavy (non-hydrogen) atoms. The smallest absolute Gasteiger partial charge is 0.226 e. The lowest BCUT2D eigenvalue weighted by molar-refractivity contribution is -0.123. The summed E-state index contributed by atoms with van der Waals surface area (Å²) >= 11 is 0. The van der Waals surface area contributed by atoms with E-state index < -0.39 is 0 Å². The standard InChI is InChI=1S/C14H13N5O/c20-11-6-3-5-9-12(11)13(10-4-1-2-7-15-10)19-14(18-9)16-8-17-19/h1-2,4-5,7-8,12-13H,3,6H2,(H,16,17,18)/t12-,13-/m1/s1. The van der Waals surface area contributed by atoms with Crippen LogP contribution in [0.25, 0.3) is 0 Å². The number of aromatic nitrogens is 4. The summed E-state index contributed by atoms with van der Waals surface area (Å²) < 4.78 is 1.76. The molecule has 6 heteroatoms. The van der Waals surface area contributed by atoms with Crippen molar-refractivity contribution in [3.63, 3.8) is 0 Å². The van der Waals surface area contributed by atoms with Crippen LogP contribution in [0, 0.1) is 5.92 Å². The van der Waals surface area contributed by atoms with Gasteiger partial charge in [-0.3, -0.25) is 9.78 Å². The first-order valence-electron chi connectivity index (χ1n) is 6.65. The number of Topliss-reactive ketones (excluding diaryl/α,β-unsaturated/α-hetero) is 1. The summed E-state index contributed by atoms with van der Waals surface area (Å²) in [7, 11) is 0. The lowest BCUT2D eigenvalue weighted by Crippen LogP contribution is -2.39. The monoisotopic (exact) mass is 267 g/mol. The van der Waals surface area contributed by atoms with Crippen LogP contribution in [-0.4, -0.2) is 25.5 Å². The van der Waals surface area contributed by atoms with Crippen molar-refractivity contribution >= 4 is 11.7 Å². The first-order valence-corrected chi connectivity index (χ1v) is 6.65. The average molecular weight is 267 g/mol. The zero-order valence-electron chi connectivity index (χ0n) is 10.7. The highest BCUT2D eigenvalue weighted by atomic mass is 16.1. The first kappa shape index (κ1) is 11.3.